The molecule has 2 aromatic carbocycles. The van der Waals surface area contributed by atoms with Crippen molar-refractivity contribution in [2.75, 3.05) is 27.8 Å². The largest absolute Gasteiger partial charge is 0.493 e. The van der Waals surface area contributed by atoms with Crippen LogP contribution >= 0.6 is 0 Å². The molecule has 3 aliphatic rings. The summed E-state index contributed by atoms with van der Waals surface area (Å²) in [6.45, 7) is 0.991. The Balaban J connectivity index is 1.65. The fourth-order valence-corrected chi connectivity index (χ4v) is 5.92. The van der Waals surface area contributed by atoms with Crippen molar-refractivity contribution in [2.45, 2.75) is 37.3 Å². The molecule has 2 bridgehead atoms. The number of fused-ring (bicyclic) bond motifs is 1. The van der Waals surface area contributed by atoms with Crippen molar-refractivity contribution in [2.24, 2.45) is 5.92 Å². The minimum atomic E-state index is -0.386. The van der Waals surface area contributed by atoms with E-state index in [0.717, 1.165) is 24.9 Å². The lowest BCUT2D eigenvalue weighted by molar-refractivity contribution is -0.122. The van der Waals surface area contributed by atoms with Crippen LogP contribution in [0.25, 0.3) is 0 Å². The molecule has 1 aliphatic heterocycles. The first kappa shape index (κ1) is 21.0. The maximum absolute atomic E-state index is 14.3. The number of methoxy groups -OCH3 is 2. The van der Waals surface area contributed by atoms with Gasteiger partial charge in [0.1, 0.15) is 12.4 Å². The summed E-state index contributed by atoms with van der Waals surface area (Å²) in [6, 6.07) is 10.9. The zero-order valence-electron chi connectivity index (χ0n) is 18.7. The highest BCUT2D eigenvalue weighted by Gasteiger charge is 2.56. The summed E-state index contributed by atoms with van der Waals surface area (Å²) in [5.74, 6) is 1.54. The molecule has 0 saturated carbocycles. The molecular formula is C26H28FNO4. The monoisotopic (exact) mass is 437 g/mol. The molecular weight excluding hydrogens is 409 g/mol. The van der Waals surface area contributed by atoms with Crippen LogP contribution in [-0.4, -0.2) is 44.5 Å². The number of piperidine rings is 1. The van der Waals surface area contributed by atoms with Crippen LogP contribution in [0.5, 0.6) is 11.5 Å². The first-order valence-electron chi connectivity index (χ1n) is 11.0. The van der Waals surface area contributed by atoms with Crippen LogP contribution in [-0.2, 0) is 28.0 Å². The number of carbonyl (C=O) groups excluding carboxylic acids is 1. The number of ether oxygens (including phenoxy) is 3. The van der Waals surface area contributed by atoms with Crippen LogP contribution in [0.3, 0.4) is 0 Å². The lowest BCUT2D eigenvalue weighted by atomic mass is 9.53. The number of rotatable bonds is 5. The van der Waals surface area contributed by atoms with E-state index in [4.69, 9.17) is 14.2 Å². The van der Waals surface area contributed by atoms with Crippen LogP contribution in [0.4, 0.5) is 4.39 Å². The number of likely N-dealkylation sites (N-methyl/N-ethyl adjacent to an activating group) is 1. The molecule has 5 rings (SSSR count). The van der Waals surface area contributed by atoms with E-state index in [9.17, 15) is 9.18 Å². The molecule has 168 valence electrons. The average molecular weight is 438 g/mol. The van der Waals surface area contributed by atoms with E-state index in [-0.39, 0.29) is 35.6 Å². The van der Waals surface area contributed by atoms with E-state index in [0.29, 0.717) is 29.2 Å². The van der Waals surface area contributed by atoms with Gasteiger partial charge in [0.05, 0.1) is 14.2 Å². The Morgan fingerprint density at radius 1 is 1.16 bits per heavy atom. The molecule has 0 unspecified atom stereocenters. The summed E-state index contributed by atoms with van der Waals surface area (Å²) in [4.78, 5) is 15.4. The second kappa shape index (κ2) is 7.93. The molecule has 0 spiro atoms. The van der Waals surface area contributed by atoms with Crippen molar-refractivity contribution in [3.63, 3.8) is 0 Å². The fraction of sp³-hybridized carbons (Fsp3) is 0.423. The lowest BCUT2D eigenvalue weighted by Gasteiger charge is -2.56. The van der Waals surface area contributed by atoms with Crippen molar-refractivity contribution in [1.29, 1.82) is 0 Å². The molecule has 3 atom stereocenters. The molecule has 0 N–H and O–H groups in total. The van der Waals surface area contributed by atoms with Gasteiger partial charge in [-0.2, -0.15) is 0 Å². The van der Waals surface area contributed by atoms with Gasteiger partial charge in [-0.15, -0.1) is 0 Å². The van der Waals surface area contributed by atoms with E-state index in [2.05, 4.69) is 18.0 Å². The maximum atomic E-state index is 14.3. The minimum absolute atomic E-state index is 0.0165. The number of Topliss-reactive ketones (excluding diaryl/α,β-unsaturated/α-hetero) is 1. The third-order valence-electron chi connectivity index (χ3n) is 7.52. The van der Waals surface area contributed by atoms with Gasteiger partial charge in [-0.05, 0) is 50.2 Å². The third-order valence-corrected chi connectivity index (χ3v) is 7.52. The molecule has 0 amide bonds. The second-order valence-corrected chi connectivity index (χ2v) is 9.03. The highest BCUT2D eigenvalue weighted by molar-refractivity contribution is 5.96. The molecule has 2 aromatic rings. The Morgan fingerprint density at radius 3 is 2.72 bits per heavy atom. The Labute approximate surface area is 187 Å². The van der Waals surface area contributed by atoms with Gasteiger partial charge in [-0.25, -0.2) is 4.39 Å². The number of allylic oxidation sites excluding steroid dienone is 1. The summed E-state index contributed by atoms with van der Waals surface area (Å²) in [6.07, 6.45) is 4.08. The quantitative estimate of drug-likeness (QED) is 0.707. The number of hydrogen-bond acceptors (Lipinski definition) is 5. The van der Waals surface area contributed by atoms with Gasteiger partial charge in [0.2, 0.25) is 0 Å². The highest BCUT2D eigenvalue weighted by Crippen LogP contribution is 2.58. The van der Waals surface area contributed by atoms with Crippen molar-refractivity contribution < 1.29 is 23.4 Å². The van der Waals surface area contributed by atoms with Gasteiger partial charge >= 0.3 is 0 Å². The molecule has 1 heterocycles. The summed E-state index contributed by atoms with van der Waals surface area (Å²) in [7, 11) is 5.32. The van der Waals surface area contributed by atoms with Crippen LogP contribution in [0, 0.1) is 11.7 Å². The number of nitrogens with zero attached hydrogens (tertiary/aromatic N) is 1. The van der Waals surface area contributed by atoms with Crippen molar-refractivity contribution in [1.82, 2.24) is 4.90 Å². The second-order valence-electron chi connectivity index (χ2n) is 9.03. The number of carbonyl (C=O) groups is 1. The maximum Gasteiger partial charge on any atom is 0.197 e. The zero-order chi connectivity index (χ0) is 22.5. The van der Waals surface area contributed by atoms with E-state index in [1.54, 1.807) is 32.4 Å². The topological polar surface area (TPSA) is 48.0 Å². The summed E-state index contributed by atoms with van der Waals surface area (Å²) in [5.41, 5.74) is 2.31. The first-order chi connectivity index (χ1) is 15.5. The predicted molar refractivity (Wildman–Crippen MR) is 118 cm³/mol. The number of likely N-dealkylation sites (tertiary alicyclic amines) is 1. The normalized spacial score (nSPS) is 26.6. The van der Waals surface area contributed by atoms with E-state index < -0.39 is 0 Å². The van der Waals surface area contributed by atoms with Crippen molar-refractivity contribution >= 4 is 5.78 Å². The Bertz CT molecular complexity index is 1100. The van der Waals surface area contributed by atoms with Gasteiger partial charge in [0.25, 0.3) is 0 Å². The molecule has 0 radical (unpaired) electrons. The van der Waals surface area contributed by atoms with E-state index in [1.807, 2.05) is 12.1 Å². The van der Waals surface area contributed by atoms with Crippen LogP contribution in [0.2, 0.25) is 0 Å². The van der Waals surface area contributed by atoms with Gasteiger partial charge in [-0.1, -0.05) is 24.3 Å². The Kier molecular flexibility index (Phi) is 5.20. The SMILES string of the molecule is COC1=C[C@@H]2[C@@H]3Cc4ccc(OC)c(OCc5ccccc5F)c4[C@]2(CCN3C)CC1=O. The summed E-state index contributed by atoms with van der Waals surface area (Å²) in [5, 5.41) is 0. The number of hydrogen-bond donors (Lipinski definition) is 0. The summed E-state index contributed by atoms with van der Waals surface area (Å²) >= 11 is 0. The van der Waals surface area contributed by atoms with E-state index >= 15 is 0 Å². The van der Waals surface area contributed by atoms with Gasteiger partial charge in [0.15, 0.2) is 23.0 Å². The van der Waals surface area contributed by atoms with Crippen molar-refractivity contribution in [3.8, 4) is 11.5 Å². The molecule has 1 fully saturated rings. The zero-order valence-corrected chi connectivity index (χ0v) is 18.7. The average Bonchev–Trinajstić information content (AvgIpc) is 2.80. The fourth-order valence-electron chi connectivity index (χ4n) is 5.92. The number of benzene rings is 2. The molecule has 0 aromatic heterocycles. The number of ketones is 1. The summed E-state index contributed by atoms with van der Waals surface area (Å²) < 4.78 is 31.7. The van der Waals surface area contributed by atoms with Crippen LogP contribution in [0.1, 0.15) is 29.5 Å². The molecule has 2 aliphatic carbocycles. The Hall–Kier alpha value is -2.86. The number of halogens is 1. The van der Waals surface area contributed by atoms with Gasteiger partial charge in [-0.3, -0.25) is 4.79 Å². The molecule has 6 heteroatoms. The molecule has 1 saturated heterocycles. The van der Waals surface area contributed by atoms with Gasteiger partial charge < -0.3 is 19.1 Å². The van der Waals surface area contributed by atoms with Crippen molar-refractivity contribution in [3.05, 3.63) is 70.7 Å². The first-order valence-corrected chi connectivity index (χ1v) is 11.0. The minimum Gasteiger partial charge on any atom is -0.493 e. The predicted octanol–water partition coefficient (Wildman–Crippen LogP) is 4.03. The van der Waals surface area contributed by atoms with Crippen LogP contribution < -0.4 is 9.47 Å². The van der Waals surface area contributed by atoms with Crippen LogP contribution in [0.15, 0.2) is 48.2 Å². The van der Waals surface area contributed by atoms with Gasteiger partial charge in [0, 0.05) is 34.9 Å². The molecule has 5 nitrogen and oxygen atoms in total. The third kappa shape index (κ3) is 3.12. The highest BCUT2D eigenvalue weighted by atomic mass is 19.1. The smallest absolute Gasteiger partial charge is 0.197 e. The van der Waals surface area contributed by atoms with E-state index in [1.165, 1.54) is 11.6 Å². The standard InChI is InChI=1S/C26H28FNO4/c1-28-11-10-26-14-21(29)23(31-3)13-18(26)20(28)12-16-8-9-22(30-2)25(24(16)26)32-15-17-6-4-5-7-19(17)27/h4-9,13,18,20H,10-12,14-15H2,1-3H3/t18-,20+,26-/m1/s1. The molecule has 32 heavy (non-hydrogen) atoms. The Morgan fingerprint density at radius 2 is 1.97 bits per heavy atom. The lowest BCUT2D eigenvalue weighted by Crippen LogP contribution is -2.60.